The molecule has 230 valence electrons. The fourth-order valence-electron chi connectivity index (χ4n) is 4.76. The van der Waals surface area contributed by atoms with Crippen LogP contribution in [0.4, 0.5) is 5.69 Å². The minimum Gasteiger partial charge on any atom is -0.497 e. The summed E-state index contributed by atoms with van der Waals surface area (Å²) in [5.74, 6) is -0.458. The van der Waals surface area contributed by atoms with Crippen LogP contribution >= 0.6 is 11.6 Å². The van der Waals surface area contributed by atoms with E-state index >= 15 is 0 Å². The third kappa shape index (κ3) is 8.18. The molecule has 10 heteroatoms. The minimum atomic E-state index is -4.21. The van der Waals surface area contributed by atoms with Crippen molar-refractivity contribution >= 4 is 39.1 Å². The maximum atomic E-state index is 14.4. The third-order valence-electron chi connectivity index (χ3n) is 7.12. The number of benzene rings is 4. The summed E-state index contributed by atoms with van der Waals surface area (Å²) in [6.45, 7) is 3.54. The highest BCUT2D eigenvalue weighted by molar-refractivity contribution is 7.92. The van der Waals surface area contributed by atoms with Crippen molar-refractivity contribution in [2.24, 2.45) is 0 Å². The number of rotatable bonds is 13. The zero-order valence-corrected chi connectivity index (χ0v) is 26.5. The van der Waals surface area contributed by atoms with E-state index in [1.807, 2.05) is 44.2 Å². The summed E-state index contributed by atoms with van der Waals surface area (Å²) in [6, 6.07) is 28.4. The fourth-order valence-corrected chi connectivity index (χ4v) is 6.30. The van der Waals surface area contributed by atoms with Crippen LogP contribution < -0.4 is 14.4 Å². The van der Waals surface area contributed by atoms with Gasteiger partial charge in [-0.3, -0.25) is 13.9 Å². The molecule has 0 saturated carbocycles. The van der Waals surface area contributed by atoms with Gasteiger partial charge < -0.3 is 15.0 Å². The Hall–Kier alpha value is -4.34. The summed E-state index contributed by atoms with van der Waals surface area (Å²) in [5, 5.41) is 3.39. The van der Waals surface area contributed by atoms with Gasteiger partial charge in [0, 0.05) is 30.6 Å². The lowest BCUT2D eigenvalue weighted by Crippen LogP contribution is -2.53. The van der Waals surface area contributed by atoms with Crippen LogP contribution in [0.3, 0.4) is 0 Å². The van der Waals surface area contributed by atoms with E-state index in [-0.39, 0.29) is 29.5 Å². The van der Waals surface area contributed by atoms with Crippen LogP contribution in [-0.2, 0) is 32.6 Å². The molecule has 4 aromatic carbocycles. The average Bonchev–Trinajstić information content (AvgIpc) is 3.03. The highest BCUT2D eigenvalue weighted by Gasteiger charge is 2.34. The molecule has 1 atom stereocenters. The van der Waals surface area contributed by atoms with Crippen molar-refractivity contribution in [3.05, 3.63) is 125 Å². The molecule has 8 nitrogen and oxygen atoms in total. The number of amides is 2. The molecule has 0 spiro atoms. The second kappa shape index (κ2) is 14.9. The third-order valence-corrected chi connectivity index (χ3v) is 9.16. The van der Waals surface area contributed by atoms with Gasteiger partial charge in [-0.15, -0.1) is 0 Å². The maximum absolute atomic E-state index is 14.4. The summed E-state index contributed by atoms with van der Waals surface area (Å²) in [5.41, 5.74) is 2.74. The average molecular weight is 634 g/mol. The number of aryl methyl sites for hydroxylation is 1. The van der Waals surface area contributed by atoms with Crippen molar-refractivity contribution in [3.63, 3.8) is 0 Å². The number of carbonyl (C=O) groups excluding carboxylic acids is 2. The number of hydrogen-bond donors (Lipinski definition) is 1. The predicted molar refractivity (Wildman–Crippen MR) is 173 cm³/mol. The van der Waals surface area contributed by atoms with Crippen LogP contribution in [0, 0.1) is 6.92 Å². The largest absolute Gasteiger partial charge is 0.497 e. The van der Waals surface area contributed by atoms with Gasteiger partial charge in [0.2, 0.25) is 11.8 Å². The van der Waals surface area contributed by atoms with Gasteiger partial charge in [-0.25, -0.2) is 8.42 Å². The van der Waals surface area contributed by atoms with Crippen LogP contribution in [0.1, 0.15) is 23.6 Å². The molecule has 0 heterocycles. The first-order valence-electron chi connectivity index (χ1n) is 14.2. The molecule has 4 rings (SSSR count). The number of anilines is 1. The van der Waals surface area contributed by atoms with Crippen LogP contribution in [0.2, 0.25) is 5.02 Å². The number of methoxy groups -OCH3 is 1. The number of ether oxygens (including phenoxy) is 1. The topological polar surface area (TPSA) is 96.0 Å². The van der Waals surface area contributed by atoms with E-state index in [1.54, 1.807) is 60.7 Å². The molecular formula is C34H36ClN3O5S. The number of hydrogen-bond acceptors (Lipinski definition) is 5. The Balaban J connectivity index is 1.80. The first-order chi connectivity index (χ1) is 21.1. The number of sulfonamides is 1. The fraction of sp³-hybridized carbons (Fsp3) is 0.235. The predicted octanol–water partition coefficient (Wildman–Crippen LogP) is 5.63. The zero-order valence-electron chi connectivity index (χ0n) is 24.9. The van der Waals surface area contributed by atoms with Crippen LogP contribution in [0.25, 0.3) is 0 Å². The summed E-state index contributed by atoms with van der Waals surface area (Å²) in [6.07, 6.45) is 0.232. The molecule has 0 radical (unpaired) electrons. The Bertz CT molecular complexity index is 1660. The number of nitrogens with one attached hydrogen (secondary N) is 1. The van der Waals surface area contributed by atoms with Crippen molar-refractivity contribution in [2.45, 2.75) is 37.8 Å². The Morgan fingerprint density at radius 1 is 0.886 bits per heavy atom. The standard InChI is InChI=1S/C34H36ClN3O5S/c1-4-36-34(40)32(21-26-9-6-5-7-10-26)37(23-27-15-17-28(35)18-16-27)33(39)24-38(29-11-8-12-30(22-29)43-3)44(41,42)31-19-13-25(2)14-20-31/h5-20,22,32H,4,21,23-24H2,1-3H3,(H,36,40)/t32-/m0/s1. The summed E-state index contributed by atoms with van der Waals surface area (Å²) in [7, 11) is -2.72. The first kappa shape index (κ1) is 32.6. The lowest BCUT2D eigenvalue weighted by molar-refractivity contribution is -0.140. The van der Waals surface area contributed by atoms with Gasteiger partial charge in [-0.2, -0.15) is 0 Å². The molecule has 1 N–H and O–H groups in total. The Morgan fingerprint density at radius 3 is 2.20 bits per heavy atom. The van der Waals surface area contributed by atoms with E-state index in [2.05, 4.69) is 5.32 Å². The highest BCUT2D eigenvalue weighted by atomic mass is 35.5. The number of likely N-dealkylation sites (N-methyl/N-ethyl adjacent to an activating group) is 1. The molecule has 0 bridgehead atoms. The molecule has 2 amide bonds. The van der Waals surface area contributed by atoms with E-state index in [4.69, 9.17) is 16.3 Å². The molecule has 0 aliphatic rings. The lowest BCUT2D eigenvalue weighted by atomic mass is 10.0. The molecule has 0 aromatic heterocycles. The molecule has 4 aromatic rings. The number of carbonyl (C=O) groups is 2. The van der Waals surface area contributed by atoms with Gasteiger partial charge in [0.15, 0.2) is 0 Å². The van der Waals surface area contributed by atoms with E-state index in [1.165, 1.54) is 24.1 Å². The van der Waals surface area contributed by atoms with E-state index < -0.39 is 28.5 Å². The molecule has 0 aliphatic carbocycles. The number of halogens is 1. The second-order valence-corrected chi connectivity index (χ2v) is 12.6. The van der Waals surface area contributed by atoms with Crippen molar-refractivity contribution in [3.8, 4) is 5.75 Å². The van der Waals surface area contributed by atoms with Crippen molar-refractivity contribution < 1.29 is 22.7 Å². The van der Waals surface area contributed by atoms with Gasteiger partial charge in [-0.1, -0.05) is 77.8 Å². The molecular weight excluding hydrogens is 598 g/mol. The zero-order chi connectivity index (χ0) is 31.7. The van der Waals surface area contributed by atoms with Crippen molar-refractivity contribution in [2.75, 3.05) is 24.5 Å². The van der Waals surface area contributed by atoms with Gasteiger partial charge in [-0.05, 0) is 61.4 Å². The lowest BCUT2D eigenvalue weighted by Gasteiger charge is -2.34. The van der Waals surface area contributed by atoms with E-state index in [0.717, 1.165) is 21.0 Å². The minimum absolute atomic E-state index is 0.0348. The van der Waals surface area contributed by atoms with Gasteiger partial charge in [0.25, 0.3) is 10.0 Å². The maximum Gasteiger partial charge on any atom is 0.264 e. The molecule has 0 saturated heterocycles. The highest BCUT2D eigenvalue weighted by Crippen LogP contribution is 2.28. The monoisotopic (exact) mass is 633 g/mol. The van der Waals surface area contributed by atoms with Gasteiger partial charge in [0.1, 0.15) is 18.3 Å². The Kier molecular flexibility index (Phi) is 11.0. The second-order valence-electron chi connectivity index (χ2n) is 10.3. The van der Waals surface area contributed by atoms with E-state index in [9.17, 15) is 18.0 Å². The number of nitrogens with zero attached hydrogens (tertiary/aromatic N) is 2. The molecule has 44 heavy (non-hydrogen) atoms. The normalized spacial score (nSPS) is 11.8. The van der Waals surface area contributed by atoms with Gasteiger partial charge >= 0.3 is 0 Å². The van der Waals surface area contributed by atoms with E-state index in [0.29, 0.717) is 17.3 Å². The molecule has 0 unspecified atom stereocenters. The van der Waals surface area contributed by atoms with Crippen LogP contribution in [-0.4, -0.2) is 51.4 Å². The van der Waals surface area contributed by atoms with Crippen molar-refractivity contribution in [1.29, 1.82) is 0 Å². The molecule has 0 aliphatic heterocycles. The van der Waals surface area contributed by atoms with Crippen molar-refractivity contribution in [1.82, 2.24) is 10.2 Å². The van der Waals surface area contributed by atoms with Crippen LogP contribution in [0.5, 0.6) is 5.75 Å². The van der Waals surface area contributed by atoms with Gasteiger partial charge in [0.05, 0.1) is 17.7 Å². The quantitative estimate of drug-likeness (QED) is 0.206. The summed E-state index contributed by atoms with van der Waals surface area (Å²) < 4.78 is 34.7. The summed E-state index contributed by atoms with van der Waals surface area (Å²) in [4.78, 5) is 29.4. The summed E-state index contributed by atoms with van der Waals surface area (Å²) >= 11 is 6.12. The van der Waals surface area contributed by atoms with Crippen LogP contribution in [0.15, 0.2) is 108 Å². The smallest absolute Gasteiger partial charge is 0.264 e. The SMILES string of the molecule is CCNC(=O)[C@H](Cc1ccccc1)N(Cc1ccc(Cl)cc1)C(=O)CN(c1cccc(OC)c1)S(=O)(=O)c1ccc(C)cc1. The molecule has 0 fully saturated rings. The Morgan fingerprint density at radius 2 is 1.57 bits per heavy atom. The first-order valence-corrected chi connectivity index (χ1v) is 16.0. The Labute approximate surface area is 264 Å².